The molecule has 28 heavy (non-hydrogen) atoms. The number of rotatable bonds is 8. The van der Waals surface area contributed by atoms with Crippen LogP contribution in [0.1, 0.15) is 30.8 Å². The lowest BCUT2D eigenvalue weighted by molar-refractivity contribution is -0.120. The van der Waals surface area contributed by atoms with E-state index in [4.69, 9.17) is 0 Å². The molecule has 3 aromatic rings. The molecule has 1 aromatic heterocycles. The molecule has 0 bridgehead atoms. The van der Waals surface area contributed by atoms with E-state index in [1.807, 2.05) is 36.6 Å². The van der Waals surface area contributed by atoms with Crippen LogP contribution in [0.3, 0.4) is 0 Å². The van der Waals surface area contributed by atoms with Gasteiger partial charge in [0.1, 0.15) is 11.6 Å². The zero-order chi connectivity index (χ0) is 19.9. The van der Waals surface area contributed by atoms with Crippen LogP contribution in [0, 0.1) is 5.82 Å². The molecule has 0 fully saturated rings. The average molecular weight is 399 g/mol. The summed E-state index contributed by atoms with van der Waals surface area (Å²) in [5.41, 5.74) is 2.03. The van der Waals surface area contributed by atoms with E-state index in [0.717, 1.165) is 23.1 Å². The van der Waals surface area contributed by atoms with E-state index in [1.165, 1.54) is 29.5 Å². The van der Waals surface area contributed by atoms with E-state index < -0.39 is 0 Å². The maximum Gasteiger partial charge on any atom is 0.233 e. The average Bonchev–Trinajstić information content (AvgIpc) is 3.09. The molecule has 3 rings (SSSR count). The Balaban J connectivity index is 1.60. The van der Waals surface area contributed by atoms with E-state index >= 15 is 0 Å². The van der Waals surface area contributed by atoms with Crippen molar-refractivity contribution in [3.05, 3.63) is 77.4 Å². The van der Waals surface area contributed by atoms with Gasteiger partial charge in [-0.25, -0.2) is 4.39 Å². The Labute approximate surface area is 168 Å². The molecule has 7 heteroatoms. The molecular weight excluding hydrogens is 375 g/mol. The van der Waals surface area contributed by atoms with Gasteiger partial charge < -0.3 is 9.88 Å². The Bertz CT molecular complexity index is 912. The highest BCUT2D eigenvalue weighted by Crippen LogP contribution is 2.23. The molecule has 1 atom stereocenters. The normalized spacial score (nSPS) is 12.0. The summed E-state index contributed by atoms with van der Waals surface area (Å²) in [6, 6.07) is 16.2. The number of carbonyl (C=O) groups is 1. The van der Waals surface area contributed by atoms with Crippen LogP contribution in [0.25, 0.3) is 0 Å². The van der Waals surface area contributed by atoms with Crippen molar-refractivity contribution in [3.8, 4) is 0 Å². The number of nitrogens with one attached hydrogen (secondary N) is 1. The van der Waals surface area contributed by atoms with Crippen LogP contribution >= 0.6 is 11.8 Å². The van der Waals surface area contributed by atoms with E-state index in [9.17, 15) is 9.18 Å². The highest BCUT2D eigenvalue weighted by Gasteiger charge is 2.19. The molecule has 2 aromatic carbocycles. The fourth-order valence-electron chi connectivity index (χ4n) is 2.78. The van der Waals surface area contributed by atoms with E-state index in [0.29, 0.717) is 13.0 Å². The van der Waals surface area contributed by atoms with E-state index in [-0.39, 0.29) is 17.0 Å². The Morgan fingerprint density at radius 2 is 1.82 bits per heavy atom. The number of halogens is 1. The highest BCUT2D eigenvalue weighted by atomic mass is 32.2. The summed E-state index contributed by atoms with van der Waals surface area (Å²) in [6.45, 7) is 4.99. The number of thioether (sulfide) groups is 1. The van der Waals surface area contributed by atoms with Gasteiger partial charge in [0.2, 0.25) is 5.91 Å². The van der Waals surface area contributed by atoms with Crippen LogP contribution in [-0.2, 0) is 24.3 Å². The van der Waals surface area contributed by atoms with Crippen molar-refractivity contribution in [2.45, 2.75) is 43.8 Å². The van der Waals surface area contributed by atoms with E-state index in [2.05, 4.69) is 27.6 Å². The standard InChI is InChI=1S/C21H23FN4OS/c1-3-26-19(13-16-7-5-4-6-8-16)24-25-21(26)28-15(2)20(27)23-14-17-9-11-18(22)12-10-17/h4-12,15H,3,13-14H2,1-2H3,(H,23,27)/t15-/m1/s1. The van der Waals surface area contributed by atoms with Crippen LogP contribution in [0.5, 0.6) is 0 Å². The zero-order valence-corrected chi connectivity index (χ0v) is 16.7. The number of hydrogen-bond acceptors (Lipinski definition) is 4. The van der Waals surface area contributed by atoms with E-state index in [1.54, 1.807) is 12.1 Å². The summed E-state index contributed by atoms with van der Waals surface area (Å²) in [4.78, 5) is 12.4. The second-order valence-electron chi connectivity index (χ2n) is 6.41. The molecule has 146 valence electrons. The third kappa shape index (κ3) is 5.19. The summed E-state index contributed by atoms with van der Waals surface area (Å²) in [5.74, 6) is 0.504. The topological polar surface area (TPSA) is 59.8 Å². The third-order valence-corrected chi connectivity index (χ3v) is 5.43. The number of benzene rings is 2. The van der Waals surface area contributed by atoms with Crippen molar-refractivity contribution in [2.75, 3.05) is 0 Å². The molecule has 1 amide bonds. The summed E-state index contributed by atoms with van der Waals surface area (Å²) in [6.07, 6.45) is 0.702. The van der Waals surface area contributed by atoms with Gasteiger partial charge in [0.15, 0.2) is 5.16 Å². The number of carbonyl (C=O) groups excluding carboxylic acids is 1. The zero-order valence-electron chi connectivity index (χ0n) is 15.9. The Hall–Kier alpha value is -2.67. The van der Waals surface area contributed by atoms with Gasteiger partial charge in [0, 0.05) is 19.5 Å². The lowest BCUT2D eigenvalue weighted by atomic mass is 10.1. The molecule has 1 heterocycles. The largest absolute Gasteiger partial charge is 0.351 e. The maximum absolute atomic E-state index is 13.0. The highest BCUT2D eigenvalue weighted by molar-refractivity contribution is 8.00. The minimum atomic E-state index is -0.320. The fourth-order valence-corrected chi connectivity index (χ4v) is 3.74. The van der Waals surface area contributed by atoms with Crippen molar-refractivity contribution in [1.29, 1.82) is 0 Å². The smallest absolute Gasteiger partial charge is 0.233 e. The SMILES string of the molecule is CCn1c(Cc2ccccc2)nnc1S[C@H](C)C(=O)NCc1ccc(F)cc1. The van der Waals surface area contributed by atoms with Gasteiger partial charge >= 0.3 is 0 Å². The molecule has 0 aliphatic carbocycles. The summed E-state index contributed by atoms with van der Waals surface area (Å²) < 4.78 is 15.0. The monoisotopic (exact) mass is 398 g/mol. The predicted molar refractivity (Wildman–Crippen MR) is 109 cm³/mol. The summed E-state index contributed by atoms with van der Waals surface area (Å²) >= 11 is 1.39. The van der Waals surface area contributed by atoms with Crippen LogP contribution in [0.4, 0.5) is 4.39 Å². The molecule has 0 aliphatic heterocycles. The number of nitrogens with zero attached hydrogens (tertiary/aromatic N) is 3. The van der Waals surface area contributed by atoms with Gasteiger partial charge in [-0.2, -0.15) is 0 Å². The van der Waals surface area contributed by atoms with Crippen molar-refractivity contribution in [1.82, 2.24) is 20.1 Å². The summed E-state index contributed by atoms with van der Waals surface area (Å²) in [5, 5.41) is 11.9. The Kier molecular flexibility index (Phi) is 6.81. The van der Waals surface area contributed by atoms with Crippen molar-refractivity contribution in [2.24, 2.45) is 0 Å². The first-order valence-electron chi connectivity index (χ1n) is 9.21. The minimum Gasteiger partial charge on any atom is -0.351 e. The van der Waals surface area contributed by atoms with Crippen molar-refractivity contribution in [3.63, 3.8) is 0 Å². The molecule has 5 nitrogen and oxygen atoms in total. The number of amides is 1. The molecule has 0 aliphatic rings. The van der Waals surface area contributed by atoms with Crippen LogP contribution < -0.4 is 5.32 Å². The van der Waals surface area contributed by atoms with Crippen LogP contribution in [0.15, 0.2) is 59.8 Å². The second-order valence-corrected chi connectivity index (χ2v) is 7.72. The maximum atomic E-state index is 13.0. The predicted octanol–water partition coefficient (Wildman–Crippen LogP) is 3.82. The first-order chi connectivity index (χ1) is 13.6. The molecular formula is C21H23FN4OS. The van der Waals surface area contributed by atoms with Crippen LogP contribution in [0.2, 0.25) is 0 Å². The van der Waals surface area contributed by atoms with Gasteiger partial charge in [-0.3, -0.25) is 4.79 Å². The van der Waals surface area contributed by atoms with Crippen molar-refractivity contribution >= 4 is 17.7 Å². The lowest BCUT2D eigenvalue weighted by Gasteiger charge is -2.13. The minimum absolute atomic E-state index is 0.0930. The molecule has 0 spiro atoms. The Morgan fingerprint density at radius 1 is 1.11 bits per heavy atom. The fraction of sp³-hybridized carbons (Fsp3) is 0.286. The number of hydrogen-bond donors (Lipinski definition) is 1. The Morgan fingerprint density at radius 3 is 2.50 bits per heavy atom. The lowest BCUT2D eigenvalue weighted by Crippen LogP contribution is -2.30. The van der Waals surface area contributed by atoms with Crippen molar-refractivity contribution < 1.29 is 9.18 Å². The van der Waals surface area contributed by atoms with Gasteiger partial charge in [-0.1, -0.05) is 54.2 Å². The summed E-state index contributed by atoms with van der Waals surface area (Å²) in [7, 11) is 0. The molecule has 0 saturated heterocycles. The van der Waals surface area contributed by atoms with Crippen LogP contribution in [-0.4, -0.2) is 25.9 Å². The van der Waals surface area contributed by atoms with Gasteiger partial charge in [0.25, 0.3) is 0 Å². The first kappa shape index (κ1) is 20.1. The number of aromatic nitrogens is 3. The molecule has 1 N–H and O–H groups in total. The molecule has 0 saturated carbocycles. The molecule has 0 unspecified atom stereocenters. The van der Waals surface area contributed by atoms with Gasteiger partial charge in [0.05, 0.1) is 5.25 Å². The van der Waals surface area contributed by atoms with Gasteiger partial charge in [-0.05, 0) is 37.1 Å². The quantitative estimate of drug-likeness (QED) is 0.586. The third-order valence-electron chi connectivity index (χ3n) is 4.35. The van der Waals surface area contributed by atoms with Gasteiger partial charge in [-0.15, -0.1) is 10.2 Å². The second kappa shape index (κ2) is 9.50. The first-order valence-corrected chi connectivity index (χ1v) is 10.1. The molecule has 0 radical (unpaired) electrons.